The van der Waals surface area contributed by atoms with Crippen molar-refractivity contribution >= 4 is 5.82 Å². The highest BCUT2D eigenvalue weighted by atomic mass is 15.2. The number of rotatable bonds is 2. The van der Waals surface area contributed by atoms with Crippen LogP contribution in [0.5, 0.6) is 0 Å². The van der Waals surface area contributed by atoms with Crippen molar-refractivity contribution in [2.24, 2.45) is 0 Å². The summed E-state index contributed by atoms with van der Waals surface area (Å²) in [6.45, 7) is 2.05. The lowest BCUT2D eigenvalue weighted by Gasteiger charge is -2.15. The van der Waals surface area contributed by atoms with Gasteiger partial charge in [-0.25, -0.2) is 0 Å². The van der Waals surface area contributed by atoms with Gasteiger partial charge in [0.15, 0.2) is 0 Å². The van der Waals surface area contributed by atoms with Crippen molar-refractivity contribution in [1.29, 1.82) is 5.26 Å². The molecule has 1 fully saturated rings. The second kappa shape index (κ2) is 4.53. The van der Waals surface area contributed by atoms with Crippen LogP contribution in [0, 0.1) is 11.3 Å². The van der Waals surface area contributed by atoms with Gasteiger partial charge < -0.3 is 9.88 Å². The highest BCUT2D eigenvalue weighted by molar-refractivity contribution is 5.67. The molecule has 1 aliphatic heterocycles. The zero-order chi connectivity index (χ0) is 12.4. The molecule has 0 aromatic carbocycles. The highest BCUT2D eigenvalue weighted by Crippen LogP contribution is 2.28. The van der Waals surface area contributed by atoms with Crippen LogP contribution in [0.15, 0.2) is 30.5 Å². The molecule has 0 radical (unpaired) electrons. The maximum atomic E-state index is 9.22. The van der Waals surface area contributed by atoms with Crippen LogP contribution in [0.3, 0.4) is 0 Å². The molecule has 1 N–H and O–H groups in total. The first-order chi connectivity index (χ1) is 8.88. The van der Waals surface area contributed by atoms with Gasteiger partial charge >= 0.3 is 0 Å². The van der Waals surface area contributed by atoms with Gasteiger partial charge in [-0.1, -0.05) is 6.07 Å². The quantitative estimate of drug-likeness (QED) is 0.874. The number of hydrogen-bond donors (Lipinski definition) is 1. The van der Waals surface area contributed by atoms with Crippen LogP contribution in [0.4, 0.5) is 5.82 Å². The Morgan fingerprint density at radius 1 is 1.28 bits per heavy atom. The van der Waals surface area contributed by atoms with E-state index in [1.54, 1.807) is 6.20 Å². The molecule has 0 spiro atoms. The van der Waals surface area contributed by atoms with Crippen LogP contribution < -0.4 is 4.90 Å². The van der Waals surface area contributed by atoms with E-state index in [9.17, 15) is 5.26 Å². The van der Waals surface area contributed by atoms with Crippen LogP contribution in [0.2, 0.25) is 0 Å². The van der Waals surface area contributed by atoms with Gasteiger partial charge in [-0.2, -0.15) is 5.26 Å². The molecule has 0 aliphatic carbocycles. The van der Waals surface area contributed by atoms with Gasteiger partial charge in [0.1, 0.15) is 11.9 Å². The van der Waals surface area contributed by atoms with Crippen LogP contribution >= 0.6 is 0 Å². The maximum Gasteiger partial charge on any atom is 0.124 e. The molecule has 1 aliphatic rings. The van der Waals surface area contributed by atoms with Crippen LogP contribution in [-0.2, 0) is 0 Å². The highest BCUT2D eigenvalue weighted by Gasteiger charge is 2.19. The molecule has 0 amide bonds. The minimum Gasteiger partial charge on any atom is -0.357 e. The molecule has 3 rings (SSSR count). The first-order valence-electron chi connectivity index (χ1n) is 6.18. The molecule has 0 unspecified atom stereocenters. The number of H-pyrrole nitrogens is 1. The Bertz CT molecular complexity index is 574. The Labute approximate surface area is 106 Å². The van der Waals surface area contributed by atoms with E-state index in [-0.39, 0.29) is 0 Å². The van der Waals surface area contributed by atoms with Crippen LogP contribution in [0.1, 0.15) is 18.4 Å². The van der Waals surface area contributed by atoms with Gasteiger partial charge in [-0.05, 0) is 31.0 Å². The van der Waals surface area contributed by atoms with E-state index in [0.717, 1.165) is 30.3 Å². The molecule has 2 aromatic heterocycles. The first kappa shape index (κ1) is 10.8. The molecule has 4 nitrogen and oxygen atoms in total. The summed E-state index contributed by atoms with van der Waals surface area (Å²) < 4.78 is 0. The normalized spacial score (nSPS) is 14.7. The zero-order valence-electron chi connectivity index (χ0n) is 10.1. The summed E-state index contributed by atoms with van der Waals surface area (Å²) in [4.78, 5) is 9.88. The largest absolute Gasteiger partial charge is 0.357 e. The van der Waals surface area contributed by atoms with Crippen molar-refractivity contribution in [2.45, 2.75) is 12.8 Å². The average molecular weight is 238 g/mol. The Morgan fingerprint density at radius 3 is 2.78 bits per heavy atom. The standard InChI is InChI=1S/C14H14N4/c15-10-11-9-13(12-5-1-2-6-16-12)17-14(11)18-7-3-4-8-18/h1-2,5-6,9,17H,3-4,7-8H2. The van der Waals surface area contributed by atoms with Crippen molar-refractivity contribution in [3.8, 4) is 17.5 Å². The SMILES string of the molecule is N#Cc1cc(-c2ccccn2)[nH]c1N1CCCC1. The summed E-state index contributed by atoms with van der Waals surface area (Å²) in [5.41, 5.74) is 2.49. The van der Waals surface area contributed by atoms with E-state index in [4.69, 9.17) is 0 Å². The van der Waals surface area contributed by atoms with Crippen LogP contribution in [-0.4, -0.2) is 23.1 Å². The molecule has 3 heterocycles. The lowest BCUT2D eigenvalue weighted by atomic mass is 10.2. The maximum absolute atomic E-state index is 9.22. The summed E-state index contributed by atoms with van der Waals surface area (Å²) in [6, 6.07) is 9.93. The minimum atomic E-state index is 0.706. The molecule has 0 atom stereocenters. The summed E-state index contributed by atoms with van der Waals surface area (Å²) >= 11 is 0. The minimum absolute atomic E-state index is 0.706. The summed E-state index contributed by atoms with van der Waals surface area (Å²) in [6.07, 6.45) is 4.16. The fourth-order valence-electron chi connectivity index (χ4n) is 2.38. The molecular formula is C14H14N4. The number of anilines is 1. The van der Waals surface area contributed by atoms with E-state index >= 15 is 0 Å². The Hall–Kier alpha value is -2.28. The number of nitriles is 1. The Morgan fingerprint density at radius 2 is 2.11 bits per heavy atom. The van der Waals surface area contributed by atoms with E-state index < -0.39 is 0 Å². The fraction of sp³-hybridized carbons (Fsp3) is 0.286. The fourth-order valence-corrected chi connectivity index (χ4v) is 2.38. The lowest BCUT2D eigenvalue weighted by molar-refractivity contribution is 0.944. The van der Waals surface area contributed by atoms with Gasteiger partial charge in [-0.15, -0.1) is 0 Å². The molecule has 4 heteroatoms. The summed E-state index contributed by atoms with van der Waals surface area (Å²) in [7, 11) is 0. The number of nitrogens with one attached hydrogen (secondary N) is 1. The van der Waals surface area contributed by atoms with Crippen LogP contribution in [0.25, 0.3) is 11.4 Å². The number of nitrogens with zero attached hydrogens (tertiary/aromatic N) is 3. The predicted molar refractivity (Wildman–Crippen MR) is 70.2 cm³/mol. The third-order valence-corrected chi connectivity index (χ3v) is 3.28. The average Bonchev–Trinajstić information content (AvgIpc) is 3.08. The van der Waals surface area contributed by atoms with E-state index in [0.29, 0.717) is 5.56 Å². The topological polar surface area (TPSA) is 55.7 Å². The summed E-state index contributed by atoms with van der Waals surface area (Å²) in [5.74, 6) is 0.940. The van der Waals surface area contributed by atoms with Gasteiger partial charge in [0, 0.05) is 19.3 Å². The Balaban J connectivity index is 2.01. The second-order valence-electron chi connectivity index (χ2n) is 4.47. The van der Waals surface area contributed by atoms with Crippen molar-refractivity contribution < 1.29 is 0 Å². The van der Waals surface area contributed by atoms with Gasteiger partial charge in [0.2, 0.25) is 0 Å². The van der Waals surface area contributed by atoms with E-state index in [1.165, 1.54) is 12.8 Å². The van der Waals surface area contributed by atoms with Gasteiger partial charge in [0.05, 0.1) is 17.0 Å². The number of hydrogen-bond acceptors (Lipinski definition) is 3. The molecule has 90 valence electrons. The van der Waals surface area contributed by atoms with Gasteiger partial charge in [-0.3, -0.25) is 4.98 Å². The van der Waals surface area contributed by atoms with Crippen molar-refractivity contribution in [3.05, 3.63) is 36.0 Å². The Kier molecular flexibility index (Phi) is 2.73. The second-order valence-corrected chi connectivity index (χ2v) is 4.47. The van der Waals surface area contributed by atoms with Crippen molar-refractivity contribution in [3.63, 3.8) is 0 Å². The number of aromatic nitrogens is 2. The molecular weight excluding hydrogens is 224 g/mol. The number of aromatic amines is 1. The van der Waals surface area contributed by atoms with E-state index in [1.807, 2.05) is 24.3 Å². The number of pyridine rings is 1. The molecule has 2 aromatic rings. The monoisotopic (exact) mass is 238 g/mol. The molecule has 18 heavy (non-hydrogen) atoms. The lowest BCUT2D eigenvalue weighted by Crippen LogP contribution is -2.18. The molecule has 0 saturated carbocycles. The first-order valence-corrected chi connectivity index (χ1v) is 6.18. The zero-order valence-corrected chi connectivity index (χ0v) is 10.1. The predicted octanol–water partition coefficient (Wildman–Crippen LogP) is 2.55. The van der Waals surface area contributed by atoms with Crippen molar-refractivity contribution in [2.75, 3.05) is 18.0 Å². The molecule has 0 bridgehead atoms. The molecule has 1 saturated heterocycles. The summed E-state index contributed by atoms with van der Waals surface area (Å²) in [5, 5.41) is 9.22. The van der Waals surface area contributed by atoms with Gasteiger partial charge in [0.25, 0.3) is 0 Å². The third kappa shape index (κ3) is 1.84. The smallest absolute Gasteiger partial charge is 0.124 e. The third-order valence-electron chi connectivity index (χ3n) is 3.28. The van der Waals surface area contributed by atoms with E-state index in [2.05, 4.69) is 20.9 Å². The van der Waals surface area contributed by atoms with Crippen molar-refractivity contribution in [1.82, 2.24) is 9.97 Å².